The Morgan fingerprint density at radius 3 is 2.24 bits per heavy atom. The van der Waals surface area contributed by atoms with Gasteiger partial charge >= 0.3 is 12.1 Å². The Bertz CT molecular complexity index is 1050. The van der Waals surface area contributed by atoms with Crippen molar-refractivity contribution in [3.05, 3.63) is 66.2 Å². The lowest BCUT2D eigenvalue weighted by Crippen LogP contribution is -2.34. The SMILES string of the molecule is O=C(CSc1ccc(NC(=O)C2CC=CCC2C(=O)O)cc1)Nc1cccc(C(F)(F)F)c1. The molecule has 0 bridgehead atoms. The van der Waals surface area contributed by atoms with Crippen LogP contribution in [0.2, 0.25) is 0 Å². The van der Waals surface area contributed by atoms with Gasteiger partial charge in [0.05, 0.1) is 23.2 Å². The minimum absolute atomic E-state index is 0.0172. The van der Waals surface area contributed by atoms with Gasteiger partial charge in [-0.1, -0.05) is 18.2 Å². The Kier molecular flexibility index (Phi) is 7.80. The average molecular weight is 478 g/mol. The molecule has 6 nitrogen and oxygen atoms in total. The molecule has 0 aromatic heterocycles. The third-order valence-electron chi connectivity index (χ3n) is 5.05. The van der Waals surface area contributed by atoms with E-state index in [0.717, 1.165) is 17.0 Å². The Morgan fingerprint density at radius 2 is 1.61 bits per heavy atom. The van der Waals surface area contributed by atoms with Crippen molar-refractivity contribution in [1.29, 1.82) is 0 Å². The van der Waals surface area contributed by atoms with E-state index < -0.39 is 35.5 Å². The van der Waals surface area contributed by atoms with Gasteiger partial charge in [-0.05, 0) is 55.3 Å². The van der Waals surface area contributed by atoms with Crippen LogP contribution in [0.15, 0.2) is 65.6 Å². The summed E-state index contributed by atoms with van der Waals surface area (Å²) < 4.78 is 38.3. The molecule has 3 N–H and O–H groups in total. The number of nitrogens with one attached hydrogen (secondary N) is 2. The number of carbonyl (C=O) groups excluding carboxylic acids is 2. The van der Waals surface area contributed by atoms with Gasteiger partial charge in [0.25, 0.3) is 0 Å². The van der Waals surface area contributed by atoms with Gasteiger partial charge in [-0.25, -0.2) is 0 Å². The van der Waals surface area contributed by atoms with Crippen LogP contribution in [-0.2, 0) is 20.6 Å². The fourth-order valence-corrected chi connectivity index (χ4v) is 4.06. The van der Waals surface area contributed by atoms with E-state index >= 15 is 0 Å². The summed E-state index contributed by atoms with van der Waals surface area (Å²) in [5.74, 6) is -3.26. The van der Waals surface area contributed by atoms with E-state index in [1.54, 1.807) is 36.4 Å². The highest BCUT2D eigenvalue weighted by molar-refractivity contribution is 8.00. The molecule has 1 aliphatic carbocycles. The number of carboxylic acid groups (broad SMARTS) is 1. The number of aliphatic carboxylic acids is 1. The summed E-state index contributed by atoms with van der Waals surface area (Å²) in [6.07, 6.45) is -0.260. The molecule has 0 spiro atoms. The zero-order chi connectivity index (χ0) is 24.0. The standard InChI is InChI=1S/C23H21F3N2O4S/c24-23(25,26)14-4-3-5-16(12-14)27-20(29)13-33-17-10-8-15(9-11-17)28-21(30)18-6-1-2-7-19(18)22(31)32/h1-5,8-12,18-19H,6-7,13H2,(H,27,29)(H,28,30)(H,31,32). The van der Waals surface area contributed by atoms with Crippen LogP contribution in [0.1, 0.15) is 18.4 Å². The van der Waals surface area contributed by atoms with Crippen molar-refractivity contribution in [1.82, 2.24) is 0 Å². The first kappa shape index (κ1) is 24.4. The van der Waals surface area contributed by atoms with E-state index in [1.165, 1.54) is 23.9 Å². The number of rotatable bonds is 7. The first-order valence-electron chi connectivity index (χ1n) is 10.0. The molecule has 3 rings (SSSR count). The monoisotopic (exact) mass is 478 g/mol. The number of hydrogen-bond donors (Lipinski definition) is 3. The zero-order valence-electron chi connectivity index (χ0n) is 17.3. The predicted octanol–water partition coefficient (Wildman–Crippen LogP) is 5.04. The third kappa shape index (κ3) is 6.85. The molecule has 2 aromatic rings. The molecule has 2 atom stereocenters. The fourth-order valence-electron chi connectivity index (χ4n) is 3.37. The van der Waals surface area contributed by atoms with Crippen LogP contribution in [0.5, 0.6) is 0 Å². The first-order chi connectivity index (χ1) is 15.6. The number of carbonyl (C=O) groups is 3. The van der Waals surface area contributed by atoms with E-state index in [2.05, 4.69) is 10.6 Å². The van der Waals surface area contributed by atoms with Crippen molar-refractivity contribution in [3.8, 4) is 0 Å². The number of thioether (sulfide) groups is 1. The van der Waals surface area contributed by atoms with Crippen LogP contribution in [0.4, 0.5) is 24.5 Å². The van der Waals surface area contributed by atoms with Crippen LogP contribution in [0.25, 0.3) is 0 Å². The van der Waals surface area contributed by atoms with Crippen LogP contribution in [-0.4, -0.2) is 28.6 Å². The van der Waals surface area contributed by atoms with Crippen molar-refractivity contribution in [2.24, 2.45) is 11.8 Å². The molecule has 2 unspecified atom stereocenters. The second kappa shape index (κ2) is 10.6. The van der Waals surface area contributed by atoms with Crippen LogP contribution in [0, 0.1) is 11.8 Å². The molecule has 10 heteroatoms. The average Bonchev–Trinajstić information content (AvgIpc) is 2.78. The Labute approximate surface area is 192 Å². The number of amides is 2. The second-order valence-corrected chi connectivity index (χ2v) is 8.47. The van der Waals surface area contributed by atoms with E-state index in [0.29, 0.717) is 18.5 Å². The number of halogens is 3. The summed E-state index contributed by atoms with van der Waals surface area (Å²) in [6, 6.07) is 11.1. The quantitative estimate of drug-likeness (QED) is 0.383. The first-order valence-corrected chi connectivity index (χ1v) is 11.0. The van der Waals surface area contributed by atoms with Gasteiger partial charge in [0.2, 0.25) is 11.8 Å². The van der Waals surface area contributed by atoms with Crippen molar-refractivity contribution in [2.75, 3.05) is 16.4 Å². The molecule has 1 aliphatic rings. The Hall–Kier alpha value is -3.27. The molecule has 0 saturated heterocycles. The fraction of sp³-hybridized carbons (Fsp3) is 0.261. The highest BCUT2D eigenvalue weighted by atomic mass is 32.2. The van der Waals surface area contributed by atoms with E-state index in [-0.39, 0.29) is 17.3 Å². The summed E-state index contributed by atoms with van der Waals surface area (Å²) >= 11 is 1.18. The van der Waals surface area contributed by atoms with Gasteiger partial charge in [-0.3, -0.25) is 14.4 Å². The molecular weight excluding hydrogens is 457 g/mol. The van der Waals surface area contributed by atoms with Crippen molar-refractivity contribution in [2.45, 2.75) is 23.9 Å². The predicted molar refractivity (Wildman–Crippen MR) is 119 cm³/mol. The van der Waals surface area contributed by atoms with Crippen molar-refractivity contribution >= 4 is 40.9 Å². The maximum absolute atomic E-state index is 12.8. The van der Waals surface area contributed by atoms with E-state index in [9.17, 15) is 32.7 Å². The highest BCUT2D eigenvalue weighted by Crippen LogP contribution is 2.31. The van der Waals surface area contributed by atoms with Crippen LogP contribution < -0.4 is 10.6 Å². The van der Waals surface area contributed by atoms with Crippen LogP contribution >= 0.6 is 11.8 Å². The van der Waals surface area contributed by atoms with Crippen molar-refractivity contribution < 1.29 is 32.7 Å². The number of benzene rings is 2. The molecule has 2 aromatic carbocycles. The Morgan fingerprint density at radius 1 is 0.939 bits per heavy atom. The number of anilines is 2. The minimum Gasteiger partial charge on any atom is -0.481 e. The maximum Gasteiger partial charge on any atom is 0.416 e. The molecule has 33 heavy (non-hydrogen) atoms. The molecule has 0 radical (unpaired) electrons. The van der Waals surface area contributed by atoms with Crippen LogP contribution in [0.3, 0.4) is 0 Å². The number of alkyl halides is 3. The molecule has 2 amide bonds. The lowest BCUT2D eigenvalue weighted by Gasteiger charge is -2.24. The molecule has 0 saturated carbocycles. The number of carboxylic acids is 1. The van der Waals surface area contributed by atoms with Gasteiger partial charge in [-0.15, -0.1) is 11.8 Å². The van der Waals surface area contributed by atoms with Gasteiger partial charge in [0.1, 0.15) is 0 Å². The molecule has 0 fully saturated rings. The minimum atomic E-state index is -4.49. The summed E-state index contributed by atoms with van der Waals surface area (Å²) in [7, 11) is 0. The summed E-state index contributed by atoms with van der Waals surface area (Å²) in [5.41, 5.74) is -0.285. The zero-order valence-corrected chi connectivity index (χ0v) is 18.1. The Balaban J connectivity index is 1.51. The van der Waals surface area contributed by atoms with E-state index in [1.807, 2.05) is 0 Å². The van der Waals surface area contributed by atoms with Gasteiger partial charge in [0.15, 0.2) is 0 Å². The number of allylic oxidation sites excluding steroid dienone is 2. The van der Waals surface area contributed by atoms with Gasteiger partial charge in [-0.2, -0.15) is 13.2 Å². The van der Waals surface area contributed by atoms with Gasteiger partial charge < -0.3 is 15.7 Å². The molecule has 174 valence electrons. The van der Waals surface area contributed by atoms with Gasteiger partial charge in [0, 0.05) is 16.3 Å². The highest BCUT2D eigenvalue weighted by Gasteiger charge is 2.34. The molecule has 0 aliphatic heterocycles. The lowest BCUT2D eigenvalue weighted by atomic mass is 9.82. The molecule has 0 heterocycles. The lowest BCUT2D eigenvalue weighted by molar-refractivity contribution is -0.146. The van der Waals surface area contributed by atoms with E-state index in [4.69, 9.17) is 0 Å². The summed E-state index contributed by atoms with van der Waals surface area (Å²) in [6.45, 7) is 0. The summed E-state index contributed by atoms with van der Waals surface area (Å²) in [5, 5.41) is 14.5. The number of hydrogen-bond acceptors (Lipinski definition) is 4. The maximum atomic E-state index is 12.8. The molecular formula is C23H21F3N2O4S. The smallest absolute Gasteiger partial charge is 0.416 e. The van der Waals surface area contributed by atoms with Crippen molar-refractivity contribution in [3.63, 3.8) is 0 Å². The summed E-state index contributed by atoms with van der Waals surface area (Å²) in [4.78, 5) is 36.7. The second-order valence-electron chi connectivity index (χ2n) is 7.42. The largest absolute Gasteiger partial charge is 0.481 e. The third-order valence-corrected chi connectivity index (χ3v) is 6.06. The topological polar surface area (TPSA) is 95.5 Å². The normalized spacial score (nSPS) is 17.9.